The lowest BCUT2D eigenvalue weighted by Gasteiger charge is -2.33. The van der Waals surface area contributed by atoms with Gasteiger partial charge in [-0.15, -0.1) is 0 Å². The molecule has 0 N–H and O–H groups in total. The fraction of sp³-hybridized carbons (Fsp3) is 1.00. The Kier molecular flexibility index (Phi) is 8.20. The van der Waals surface area contributed by atoms with Crippen LogP contribution >= 0.6 is 0 Å². The molecular weight excluding hydrogens is 172 g/mol. The van der Waals surface area contributed by atoms with Gasteiger partial charge >= 0.3 is 0 Å². The SMILES string of the molecule is CC.CCC(C)CN1CCN(C)CC1. The van der Waals surface area contributed by atoms with Gasteiger partial charge in [0.15, 0.2) is 0 Å². The second-order valence-corrected chi connectivity index (χ2v) is 4.12. The minimum atomic E-state index is 0.869. The first kappa shape index (κ1) is 13.9. The van der Waals surface area contributed by atoms with Gasteiger partial charge in [0.05, 0.1) is 0 Å². The van der Waals surface area contributed by atoms with Crippen LogP contribution in [-0.2, 0) is 0 Å². The molecule has 1 atom stereocenters. The first-order valence-corrected chi connectivity index (χ1v) is 6.13. The maximum absolute atomic E-state index is 2.59. The van der Waals surface area contributed by atoms with Gasteiger partial charge in [0, 0.05) is 32.7 Å². The van der Waals surface area contributed by atoms with Gasteiger partial charge in [-0.1, -0.05) is 34.1 Å². The summed E-state index contributed by atoms with van der Waals surface area (Å²) < 4.78 is 0. The normalized spacial score (nSPS) is 21.2. The number of rotatable bonds is 3. The minimum Gasteiger partial charge on any atom is -0.304 e. The fourth-order valence-electron chi connectivity index (χ4n) is 1.60. The van der Waals surface area contributed by atoms with Gasteiger partial charge in [-0.3, -0.25) is 0 Å². The van der Waals surface area contributed by atoms with Crippen LogP contribution in [-0.4, -0.2) is 49.6 Å². The summed E-state index contributed by atoms with van der Waals surface area (Å²) in [7, 11) is 2.21. The van der Waals surface area contributed by atoms with E-state index in [1.54, 1.807) is 0 Å². The zero-order chi connectivity index (χ0) is 11.0. The summed E-state index contributed by atoms with van der Waals surface area (Å²) in [5, 5.41) is 0. The van der Waals surface area contributed by atoms with Crippen molar-refractivity contribution in [2.75, 3.05) is 39.8 Å². The molecule has 1 unspecified atom stereocenters. The van der Waals surface area contributed by atoms with Crippen LogP contribution in [0.1, 0.15) is 34.1 Å². The molecule has 86 valence electrons. The summed E-state index contributed by atoms with van der Waals surface area (Å²) >= 11 is 0. The van der Waals surface area contributed by atoms with E-state index < -0.39 is 0 Å². The predicted molar refractivity (Wildman–Crippen MR) is 64.7 cm³/mol. The maximum atomic E-state index is 2.59. The van der Waals surface area contributed by atoms with Gasteiger partial charge in [-0.2, -0.15) is 0 Å². The lowest BCUT2D eigenvalue weighted by atomic mass is 10.1. The third kappa shape index (κ3) is 5.61. The maximum Gasteiger partial charge on any atom is 0.0110 e. The van der Waals surface area contributed by atoms with Crippen LogP contribution in [0.15, 0.2) is 0 Å². The number of piperazine rings is 1. The number of nitrogens with zero attached hydrogens (tertiary/aromatic N) is 2. The Hall–Kier alpha value is -0.0800. The molecule has 0 amide bonds. The van der Waals surface area contributed by atoms with E-state index in [1.165, 1.54) is 39.1 Å². The van der Waals surface area contributed by atoms with Crippen LogP contribution in [0.3, 0.4) is 0 Å². The molecule has 1 saturated heterocycles. The molecule has 1 aliphatic rings. The van der Waals surface area contributed by atoms with Crippen molar-refractivity contribution in [3.05, 3.63) is 0 Å². The average molecular weight is 200 g/mol. The highest BCUT2D eigenvalue weighted by molar-refractivity contribution is 4.70. The van der Waals surface area contributed by atoms with E-state index in [0.29, 0.717) is 0 Å². The van der Waals surface area contributed by atoms with Crippen molar-refractivity contribution in [1.82, 2.24) is 9.80 Å². The Balaban J connectivity index is 0.000000791. The zero-order valence-corrected chi connectivity index (χ0v) is 10.7. The molecule has 0 aromatic carbocycles. The van der Waals surface area contributed by atoms with Crippen LogP contribution in [0, 0.1) is 5.92 Å². The van der Waals surface area contributed by atoms with Gasteiger partial charge in [0.2, 0.25) is 0 Å². The molecule has 14 heavy (non-hydrogen) atoms. The van der Waals surface area contributed by atoms with Gasteiger partial charge in [-0.05, 0) is 13.0 Å². The van der Waals surface area contributed by atoms with E-state index in [9.17, 15) is 0 Å². The van der Waals surface area contributed by atoms with Crippen molar-refractivity contribution in [2.45, 2.75) is 34.1 Å². The van der Waals surface area contributed by atoms with Crippen molar-refractivity contribution in [2.24, 2.45) is 5.92 Å². The third-order valence-electron chi connectivity index (χ3n) is 2.86. The molecule has 0 bridgehead atoms. The molecule has 1 rings (SSSR count). The topological polar surface area (TPSA) is 6.48 Å². The predicted octanol–water partition coefficient (Wildman–Crippen LogP) is 2.31. The third-order valence-corrected chi connectivity index (χ3v) is 2.86. The smallest absolute Gasteiger partial charge is 0.0110 e. The standard InChI is InChI=1S/C10H22N2.C2H6/c1-4-10(2)9-12-7-5-11(3)6-8-12;1-2/h10H,4-9H2,1-3H3;1-2H3. The molecule has 2 nitrogen and oxygen atoms in total. The quantitative estimate of drug-likeness (QED) is 0.690. The highest BCUT2D eigenvalue weighted by Gasteiger charge is 2.14. The molecule has 1 fully saturated rings. The Morgan fingerprint density at radius 1 is 1.07 bits per heavy atom. The molecule has 2 heteroatoms. The summed E-state index contributed by atoms with van der Waals surface area (Å²) in [6, 6.07) is 0. The minimum absolute atomic E-state index is 0.869. The number of hydrogen-bond donors (Lipinski definition) is 0. The Labute approximate surface area is 90.3 Å². The Morgan fingerprint density at radius 2 is 1.57 bits per heavy atom. The Morgan fingerprint density at radius 3 is 2.00 bits per heavy atom. The summed E-state index contributed by atoms with van der Waals surface area (Å²) in [6.07, 6.45) is 1.31. The van der Waals surface area contributed by atoms with E-state index in [1.807, 2.05) is 13.8 Å². The average Bonchev–Trinajstić information content (AvgIpc) is 2.24. The molecule has 0 spiro atoms. The molecule has 0 aromatic heterocycles. The Bertz CT molecular complexity index is 117. The molecular formula is C12H28N2. The van der Waals surface area contributed by atoms with Crippen molar-refractivity contribution in [3.63, 3.8) is 0 Å². The van der Waals surface area contributed by atoms with Crippen molar-refractivity contribution in [1.29, 1.82) is 0 Å². The first-order valence-electron chi connectivity index (χ1n) is 6.13. The monoisotopic (exact) mass is 200 g/mol. The van der Waals surface area contributed by atoms with Gasteiger partial charge in [-0.25, -0.2) is 0 Å². The highest BCUT2D eigenvalue weighted by Crippen LogP contribution is 2.06. The van der Waals surface area contributed by atoms with E-state index >= 15 is 0 Å². The van der Waals surface area contributed by atoms with Crippen LogP contribution in [0.25, 0.3) is 0 Å². The lowest BCUT2D eigenvalue weighted by Crippen LogP contribution is -2.45. The number of likely N-dealkylation sites (N-methyl/N-ethyl adjacent to an activating group) is 1. The lowest BCUT2D eigenvalue weighted by molar-refractivity contribution is 0.138. The molecule has 0 radical (unpaired) electrons. The molecule has 0 saturated carbocycles. The van der Waals surface area contributed by atoms with Crippen molar-refractivity contribution >= 4 is 0 Å². The van der Waals surface area contributed by atoms with Crippen molar-refractivity contribution in [3.8, 4) is 0 Å². The largest absolute Gasteiger partial charge is 0.304 e. The van der Waals surface area contributed by atoms with Crippen LogP contribution in [0.4, 0.5) is 0 Å². The second kappa shape index (κ2) is 8.25. The van der Waals surface area contributed by atoms with Crippen LogP contribution < -0.4 is 0 Å². The van der Waals surface area contributed by atoms with Crippen LogP contribution in [0.2, 0.25) is 0 Å². The summed E-state index contributed by atoms with van der Waals surface area (Å²) in [6.45, 7) is 14.9. The molecule has 1 aliphatic heterocycles. The zero-order valence-electron chi connectivity index (χ0n) is 10.7. The molecule has 0 aliphatic carbocycles. The summed E-state index contributed by atoms with van der Waals surface area (Å²) in [5.41, 5.74) is 0. The van der Waals surface area contributed by atoms with Crippen LogP contribution in [0.5, 0.6) is 0 Å². The number of hydrogen-bond acceptors (Lipinski definition) is 2. The van der Waals surface area contributed by atoms with E-state index in [4.69, 9.17) is 0 Å². The van der Waals surface area contributed by atoms with Gasteiger partial charge in [0.25, 0.3) is 0 Å². The summed E-state index contributed by atoms with van der Waals surface area (Å²) in [4.78, 5) is 5.00. The van der Waals surface area contributed by atoms with Crippen molar-refractivity contribution < 1.29 is 0 Å². The van der Waals surface area contributed by atoms with E-state index in [2.05, 4.69) is 30.7 Å². The molecule has 0 aromatic rings. The van der Waals surface area contributed by atoms with E-state index in [-0.39, 0.29) is 0 Å². The second-order valence-electron chi connectivity index (χ2n) is 4.12. The van der Waals surface area contributed by atoms with Gasteiger partial charge < -0.3 is 9.80 Å². The van der Waals surface area contributed by atoms with E-state index in [0.717, 1.165) is 5.92 Å². The molecule has 1 heterocycles. The fourth-order valence-corrected chi connectivity index (χ4v) is 1.60. The highest BCUT2D eigenvalue weighted by atomic mass is 15.2. The summed E-state index contributed by atoms with van der Waals surface area (Å²) in [5.74, 6) is 0.869. The first-order chi connectivity index (χ1) is 6.72. The van der Waals surface area contributed by atoms with Gasteiger partial charge in [0.1, 0.15) is 0 Å².